The molecule has 2 aliphatic heterocycles. The van der Waals surface area contributed by atoms with E-state index >= 15 is 0 Å². The predicted molar refractivity (Wildman–Crippen MR) is 130 cm³/mol. The number of aromatic amines is 1. The number of nitrogens with zero attached hydrogens (tertiary/aromatic N) is 4. The van der Waals surface area contributed by atoms with Crippen molar-refractivity contribution in [2.24, 2.45) is 11.8 Å². The zero-order chi connectivity index (χ0) is 23.4. The van der Waals surface area contributed by atoms with Gasteiger partial charge in [-0.1, -0.05) is 13.8 Å². The van der Waals surface area contributed by atoms with Crippen LogP contribution in [0.15, 0.2) is 10.2 Å². The molecule has 2 aromatic heterocycles. The second-order valence-electron chi connectivity index (χ2n) is 9.39. The number of morpholine rings is 1. The Hall–Kier alpha value is -2.30. The number of aromatic nitrogens is 3. The van der Waals surface area contributed by atoms with Crippen molar-refractivity contribution in [1.29, 1.82) is 0 Å². The Balaban J connectivity index is 1.29. The number of hydrogen-bond donors (Lipinski definition) is 2. The number of piperidine rings is 1. The molecule has 2 saturated heterocycles. The van der Waals surface area contributed by atoms with Crippen molar-refractivity contribution in [2.45, 2.75) is 46.6 Å². The number of likely N-dealkylation sites (tertiary alicyclic amines) is 1. The summed E-state index contributed by atoms with van der Waals surface area (Å²) in [6.45, 7) is 12.1. The van der Waals surface area contributed by atoms with Gasteiger partial charge < -0.3 is 15.0 Å². The van der Waals surface area contributed by atoms with Crippen molar-refractivity contribution in [3.05, 3.63) is 32.7 Å². The van der Waals surface area contributed by atoms with Gasteiger partial charge in [-0.05, 0) is 31.6 Å². The van der Waals surface area contributed by atoms with Gasteiger partial charge in [-0.25, -0.2) is 9.97 Å². The smallest absolute Gasteiger partial charge is 0.255 e. The Morgan fingerprint density at radius 1 is 1.24 bits per heavy atom. The lowest BCUT2D eigenvalue weighted by Crippen LogP contribution is -2.38. The number of ether oxygens (including phenoxy) is 1. The van der Waals surface area contributed by atoms with Gasteiger partial charge in [-0.15, -0.1) is 11.3 Å². The summed E-state index contributed by atoms with van der Waals surface area (Å²) < 4.78 is 5.35. The van der Waals surface area contributed by atoms with Crippen LogP contribution in [0.2, 0.25) is 0 Å². The molecule has 2 N–H and O–H groups in total. The summed E-state index contributed by atoms with van der Waals surface area (Å²) in [5, 5.41) is 5.51. The van der Waals surface area contributed by atoms with Crippen LogP contribution < -0.4 is 15.8 Å². The van der Waals surface area contributed by atoms with Gasteiger partial charge in [0.2, 0.25) is 11.9 Å². The van der Waals surface area contributed by atoms with Crippen LogP contribution >= 0.6 is 11.3 Å². The molecule has 2 fully saturated rings. The fourth-order valence-electron chi connectivity index (χ4n) is 4.82. The molecule has 0 unspecified atom stereocenters. The second-order valence-corrected chi connectivity index (χ2v) is 10.2. The minimum absolute atomic E-state index is 0.146. The Kier molecular flexibility index (Phi) is 7.77. The first-order chi connectivity index (χ1) is 15.9. The summed E-state index contributed by atoms with van der Waals surface area (Å²) in [7, 11) is 0. The van der Waals surface area contributed by atoms with E-state index in [-0.39, 0.29) is 17.9 Å². The minimum atomic E-state index is -0.182. The largest absolute Gasteiger partial charge is 0.378 e. The number of carbonyl (C=O) groups excluding carboxylic acids is 1. The van der Waals surface area contributed by atoms with E-state index in [1.807, 2.05) is 17.2 Å². The van der Waals surface area contributed by atoms with E-state index in [9.17, 15) is 9.59 Å². The highest BCUT2D eigenvalue weighted by Gasteiger charge is 2.22. The van der Waals surface area contributed by atoms with E-state index in [1.54, 1.807) is 0 Å². The number of rotatable bonds is 7. The molecule has 0 bridgehead atoms. The first-order valence-electron chi connectivity index (χ1n) is 11.8. The highest BCUT2D eigenvalue weighted by atomic mass is 32.1. The lowest BCUT2D eigenvalue weighted by atomic mass is 9.92. The average Bonchev–Trinajstić information content (AvgIpc) is 3.19. The summed E-state index contributed by atoms with van der Waals surface area (Å²) in [5.41, 5.74) is 2.02. The van der Waals surface area contributed by atoms with Crippen molar-refractivity contribution in [3.63, 3.8) is 0 Å². The van der Waals surface area contributed by atoms with Crippen LogP contribution in [0.25, 0.3) is 0 Å². The Morgan fingerprint density at radius 3 is 2.67 bits per heavy atom. The maximum absolute atomic E-state index is 12.6. The number of amides is 1. The van der Waals surface area contributed by atoms with Crippen LogP contribution in [-0.2, 0) is 22.5 Å². The zero-order valence-corrected chi connectivity index (χ0v) is 20.5. The Bertz CT molecular complexity index is 1010. The van der Waals surface area contributed by atoms with Crippen LogP contribution in [0.1, 0.15) is 43.6 Å². The normalized spacial score (nSPS) is 21.8. The molecule has 0 saturated carbocycles. The van der Waals surface area contributed by atoms with Gasteiger partial charge in [0.1, 0.15) is 0 Å². The van der Waals surface area contributed by atoms with Gasteiger partial charge in [0.15, 0.2) is 5.13 Å². The molecule has 2 aliphatic rings. The zero-order valence-electron chi connectivity index (χ0n) is 19.7. The SMILES string of the molecule is Cc1nc(N2CCOCC2)[nH]c(=O)c1CCC(=O)Nc1nc(CN2C[C@H](C)C[C@@H](C)C2)cs1. The van der Waals surface area contributed by atoms with Crippen molar-refractivity contribution < 1.29 is 9.53 Å². The molecule has 4 heterocycles. The van der Waals surface area contributed by atoms with E-state index in [2.05, 4.69) is 39.0 Å². The molecular weight excluding hydrogens is 440 g/mol. The number of anilines is 2. The van der Waals surface area contributed by atoms with E-state index in [1.165, 1.54) is 17.8 Å². The van der Waals surface area contributed by atoms with Gasteiger partial charge >= 0.3 is 0 Å². The third-order valence-corrected chi connectivity index (χ3v) is 7.06. The summed E-state index contributed by atoms with van der Waals surface area (Å²) in [4.78, 5) is 41.6. The Labute approximate surface area is 198 Å². The standard InChI is InChI=1S/C23H34N6O3S/c1-15-10-16(2)12-28(11-15)13-18-14-33-23(25-18)26-20(30)5-4-19-17(3)24-22(27-21(19)31)29-6-8-32-9-7-29/h14-16H,4-13H2,1-3H3,(H,24,27,31)(H,25,26,30)/t15-,16-/m1/s1. The van der Waals surface area contributed by atoms with Crippen LogP contribution in [0.4, 0.5) is 11.1 Å². The van der Waals surface area contributed by atoms with Crippen molar-refractivity contribution in [1.82, 2.24) is 19.9 Å². The summed E-state index contributed by atoms with van der Waals surface area (Å²) in [6.07, 6.45) is 1.83. The maximum Gasteiger partial charge on any atom is 0.255 e. The highest BCUT2D eigenvalue weighted by Crippen LogP contribution is 2.24. The fraction of sp³-hybridized carbons (Fsp3) is 0.652. The minimum Gasteiger partial charge on any atom is -0.378 e. The van der Waals surface area contributed by atoms with Crippen molar-refractivity contribution in [2.75, 3.05) is 49.6 Å². The number of aryl methyl sites for hydroxylation is 1. The molecule has 2 atom stereocenters. The van der Waals surface area contributed by atoms with Crippen LogP contribution in [-0.4, -0.2) is 65.2 Å². The monoisotopic (exact) mass is 474 g/mol. The number of H-pyrrole nitrogens is 1. The van der Waals surface area contributed by atoms with E-state index < -0.39 is 0 Å². The molecule has 1 amide bonds. The molecule has 10 heteroatoms. The second kappa shape index (κ2) is 10.8. The van der Waals surface area contributed by atoms with E-state index in [0.29, 0.717) is 66.9 Å². The fourth-order valence-corrected chi connectivity index (χ4v) is 5.54. The molecule has 0 spiro atoms. The Morgan fingerprint density at radius 2 is 1.97 bits per heavy atom. The number of hydrogen-bond acceptors (Lipinski definition) is 8. The van der Waals surface area contributed by atoms with Gasteiger partial charge in [0, 0.05) is 55.8 Å². The molecule has 0 aliphatic carbocycles. The van der Waals surface area contributed by atoms with Gasteiger partial charge in [-0.3, -0.25) is 19.5 Å². The van der Waals surface area contributed by atoms with Gasteiger partial charge in [0.25, 0.3) is 5.56 Å². The third-order valence-electron chi connectivity index (χ3n) is 6.25. The lowest BCUT2D eigenvalue weighted by molar-refractivity contribution is -0.116. The summed E-state index contributed by atoms with van der Waals surface area (Å²) in [6, 6.07) is 0. The molecular formula is C23H34N6O3S. The average molecular weight is 475 g/mol. The topological polar surface area (TPSA) is 103 Å². The predicted octanol–water partition coefficient (Wildman–Crippen LogP) is 2.42. The van der Waals surface area contributed by atoms with Gasteiger partial charge in [-0.2, -0.15) is 0 Å². The highest BCUT2D eigenvalue weighted by molar-refractivity contribution is 7.13. The molecule has 0 aromatic carbocycles. The first-order valence-corrected chi connectivity index (χ1v) is 12.6. The summed E-state index contributed by atoms with van der Waals surface area (Å²) in [5.74, 6) is 1.83. The number of thiazole rings is 1. The third kappa shape index (κ3) is 6.39. The molecule has 9 nitrogen and oxygen atoms in total. The maximum atomic E-state index is 12.6. The summed E-state index contributed by atoms with van der Waals surface area (Å²) >= 11 is 1.45. The van der Waals surface area contributed by atoms with E-state index in [4.69, 9.17) is 4.74 Å². The number of carbonyl (C=O) groups is 1. The van der Waals surface area contributed by atoms with E-state index in [0.717, 1.165) is 25.3 Å². The molecule has 33 heavy (non-hydrogen) atoms. The molecule has 4 rings (SSSR count). The van der Waals surface area contributed by atoms with Crippen LogP contribution in [0, 0.1) is 18.8 Å². The number of nitrogens with one attached hydrogen (secondary N) is 2. The molecule has 2 aromatic rings. The van der Waals surface area contributed by atoms with Crippen molar-refractivity contribution >= 4 is 28.3 Å². The molecule has 180 valence electrons. The lowest BCUT2D eigenvalue weighted by Gasteiger charge is -2.34. The van der Waals surface area contributed by atoms with Crippen LogP contribution in [0.5, 0.6) is 0 Å². The first kappa shape index (κ1) is 23.8. The quantitative estimate of drug-likeness (QED) is 0.635. The van der Waals surface area contributed by atoms with Crippen LogP contribution in [0.3, 0.4) is 0 Å². The van der Waals surface area contributed by atoms with Gasteiger partial charge in [0.05, 0.1) is 18.9 Å². The van der Waals surface area contributed by atoms with Crippen molar-refractivity contribution in [3.8, 4) is 0 Å². The molecule has 0 radical (unpaired) electrons.